The minimum Gasteiger partial charge on any atom is -0.277 e. The first-order chi connectivity index (χ1) is 13.9. The Morgan fingerprint density at radius 1 is 0.690 bits per heavy atom. The van der Waals surface area contributed by atoms with Crippen molar-refractivity contribution in [3.8, 4) is 11.8 Å². The predicted octanol–water partition coefficient (Wildman–Crippen LogP) is 3.15. The molecule has 6 heteroatoms. The first kappa shape index (κ1) is 18.7. The normalized spacial score (nSPS) is 13.1. The average molecular weight is 401 g/mol. The smallest absolute Gasteiger partial charge is 0.261 e. The third kappa shape index (κ3) is 3.33. The summed E-state index contributed by atoms with van der Waals surface area (Å²) in [7, 11) is -2.46. The maximum Gasteiger partial charge on any atom is 0.261 e. The molecule has 3 aromatic rings. The minimum atomic E-state index is -3.83. The number of hydrogen-bond acceptors (Lipinski definition) is 4. The van der Waals surface area contributed by atoms with Crippen LogP contribution in [-0.4, -0.2) is 32.2 Å². The molecule has 0 unspecified atom stereocenters. The number of sulfone groups is 1. The van der Waals surface area contributed by atoms with Gasteiger partial charge in [0.1, 0.15) is 0 Å². The Hall–Kier alpha value is -3.69. The molecular weight excluding hydrogens is 386 g/mol. The molecule has 0 aliphatic carbocycles. The number of carbonyl (C=O) groups is 2. The second-order valence-electron chi connectivity index (χ2n) is 6.52. The van der Waals surface area contributed by atoms with Crippen molar-refractivity contribution in [2.24, 2.45) is 0 Å². The number of nitrogens with zero attached hydrogens (tertiary/aromatic N) is 1. The molecular formula is C23H15NO4S. The fraction of sp³-hybridized carbons (Fsp3) is 0.0435. The number of hydrogen-bond donors (Lipinski definition) is 0. The van der Waals surface area contributed by atoms with Crippen LogP contribution in [0.4, 0.5) is 0 Å². The SMILES string of the molecule is CN1C(=O)c2ccc(S(=O)(=O)c3ccc(C#Cc4ccccc4)cc3)cc2C1=O. The van der Waals surface area contributed by atoms with Crippen molar-refractivity contribution < 1.29 is 18.0 Å². The van der Waals surface area contributed by atoms with Crippen LogP contribution in [0.2, 0.25) is 0 Å². The zero-order valence-corrected chi connectivity index (χ0v) is 16.2. The quantitative estimate of drug-likeness (QED) is 0.489. The molecule has 1 aliphatic heterocycles. The van der Waals surface area contributed by atoms with E-state index in [0.717, 1.165) is 10.5 Å². The Labute approximate surface area is 168 Å². The van der Waals surface area contributed by atoms with Crippen molar-refractivity contribution in [2.45, 2.75) is 9.79 Å². The van der Waals surface area contributed by atoms with E-state index in [0.29, 0.717) is 5.56 Å². The summed E-state index contributed by atoms with van der Waals surface area (Å²) in [5.41, 5.74) is 1.86. The topological polar surface area (TPSA) is 71.5 Å². The fourth-order valence-electron chi connectivity index (χ4n) is 3.03. The molecule has 0 N–H and O–H groups in total. The van der Waals surface area contributed by atoms with E-state index in [9.17, 15) is 18.0 Å². The summed E-state index contributed by atoms with van der Waals surface area (Å²) in [5.74, 6) is 5.07. The number of rotatable bonds is 2. The first-order valence-electron chi connectivity index (χ1n) is 8.76. The molecule has 2 amide bonds. The molecule has 1 heterocycles. The van der Waals surface area contributed by atoms with Gasteiger partial charge in [0.25, 0.3) is 11.8 Å². The van der Waals surface area contributed by atoms with Gasteiger partial charge in [-0.15, -0.1) is 0 Å². The molecule has 0 spiro atoms. The molecule has 0 radical (unpaired) electrons. The lowest BCUT2D eigenvalue weighted by atomic mass is 10.1. The van der Waals surface area contributed by atoms with Gasteiger partial charge in [0, 0.05) is 18.2 Å². The molecule has 1 aliphatic rings. The van der Waals surface area contributed by atoms with Crippen LogP contribution >= 0.6 is 0 Å². The number of imide groups is 1. The lowest BCUT2D eigenvalue weighted by Gasteiger charge is -2.06. The van der Waals surface area contributed by atoms with E-state index in [-0.39, 0.29) is 20.9 Å². The van der Waals surface area contributed by atoms with Crippen molar-refractivity contribution >= 4 is 21.7 Å². The summed E-state index contributed by atoms with van der Waals surface area (Å²) < 4.78 is 25.9. The molecule has 29 heavy (non-hydrogen) atoms. The van der Waals surface area contributed by atoms with Crippen molar-refractivity contribution in [1.29, 1.82) is 0 Å². The molecule has 5 nitrogen and oxygen atoms in total. The lowest BCUT2D eigenvalue weighted by Crippen LogP contribution is -2.24. The zero-order valence-electron chi connectivity index (χ0n) is 15.4. The van der Waals surface area contributed by atoms with E-state index in [1.807, 2.05) is 30.3 Å². The van der Waals surface area contributed by atoms with Gasteiger partial charge in [-0.05, 0) is 54.6 Å². The summed E-state index contributed by atoms with van der Waals surface area (Å²) in [6, 6.07) is 19.7. The second kappa shape index (κ2) is 7.04. The Bertz CT molecular complexity index is 1300. The molecule has 0 saturated carbocycles. The van der Waals surface area contributed by atoms with E-state index in [2.05, 4.69) is 11.8 Å². The van der Waals surface area contributed by atoms with E-state index >= 15 is 0 Å². The summed E-state index contributed by atoms with van der Waals surface area (Å²) >= 11 is 0. The van der Waals surface area contributed by atoms with Crippen LogP contribution in [0.1, 0.15) is 31.8 Å². The van der Waals surface area contributed by atoms with Crippen molar-refractivity contribution in [2.75, 3.05) is 7.05 Å². The second-order valence-corrected chi connectivity index (χ2v) is 8.47. The number of benzene rings is 3. The highest BCUT2D eigenvalue weighted by Crippen LogP contribution is 2.28. The van der Waals surface area contributed by atoms with E-state index in [1.54, 1.807) is 12.1 Å². The van der Waals surface area contributed by atoms with E-state index < -0.39 is 21.7 Å². The van der Waals surface area contributed by atoms with Gasteiger partial charge < -0.3 is 0 Å². The summed E-state index contributed by atoms with van der Waals surface area (Å²) in [6.45, 7) is 0. The minimum absolute atomic E-state index is 0.0316. The van der Waals surface area contributed by atoms with Gasteiger partial charge >= 0.3 is 0 Å². The van der Waals surface area contributed by atoms with Gasteiger partial charge in [-0.3, -0.25) is 14.5 Å². The Balaban J connectivity index is 1.65. The van der Waals surface area contributed by atoms with Gasteiger partial charge in [0.2, 0.25) is 9.84 Å². The highest BCUT2D eigenvalue weighted by molar-refractivity contribution is 7.91. The first-order valence-corrected chi connectivity index (χ1v) is 10.2. The Morgan fingerprint density at radius 2 is 1.24 bits per heavy atom. The third-order valence-electron chi connectivity index (χ3n) is 4.66. The van der Waals surface area contributed by atoms with Gasteiger partial charge in [-0.25, -0.2) is 8.42 Å². The Morgan fingerprint density at radius 3 is 1.90 bits per heavy atom. The van der Waals surface area contributed by atoms with E-state index in [1.165, 1.54) is 37.4 Å². The predicted molar refractivity (Wildman–Crippen MR) is 107 cm³/mol. The van der Waals surface area contributed by atoms with Crippen LogP contribution in [0.3, 0.4) is 0 Å². The number of amides is 2. The van der Waals surface area contributed by atoms with Crippen LogP contribution in [0.25, 0.3) is 0 Å². The van der Waals surface area contributed by atoms with Crippen LogP contribution in [0.15, 0.2) is 82.6 Å². The summed E-state index contributed by atoms with van der Waals surface area (Å²) in [5, 5.41) is 0. The molecule has 4 rings (SSSR count). The molecule has 3 aromatic carbocycles. The van der Waals surface area contributed by atoms with Crippen LogP contribution in [0.5, 0.6) is 0 Å². The van der Waals surface area contributed by atoms with Crippen LogP contribution in [-0.2, 0) is 9.84 Å². The number of fused-ring (bicyclic) bond motifs is 1. The zero-order chi connectivity index (χ0) is 20.6. The van der Waals surface area contributed by atoms with Gasteiger partial charge in [-0.2, -0.15) is 0 Å². The standard InChI is InChI=1S/C23H15NO4S/c1-24-22(25)20-14-13-19(15-21(20)23(24)26)29(27,28)18-11-9-17(10-12-18)8-7-16-5-3-2-4-6-16/h2-6,9-15H,1H3. The van der Waals surface area contributed by atoms with Gasteiger partial charge in [0.15, 0.2) is 0 Å². The molecule has 0 aromatic heterocycles. The maximum absolute atomic E-state index is 12.9. The van der Waals surface area contributed by atoms with Crippen molar-refractivity contribution in [1.82, 2.24) is 4.90 Å². The highest BCUT2D eigenvalue weighted by Gasteiger charge is 2.34. The Kier molecular flexibility index (Phi) is 4.53. The third-order valence-corrected chi connectivity index (χ3v) is 6.43. The summed E-state index contributed by atoms with van der Waals surface area (Å²) in [6.07, 6.45) is 0. The van der Waals surface area contributed by atoms with Crippen LogP contribution < -0.4 is 0 Å². The molecule has 0 atom stereocenters. The fourth-order valence-corrected chi connectivity index (χ4v) is 4.31. The monoisotopic (exact) mass is 401 g/mol. The van der Waals surface area contributed by atoms with Gasteiger partial charge in [-0.1, -0.05) is 30.0 Å². The molecule has 0 fully saturated rings. The largest absolute Gasteiger partial charge is 0.277 e. The highest BCUT2D eigenvalue weighted by atomic mass is 32.2. The van der Waals surface area contributed by atoms with Gasteiger partial charge in [0.05, 0.1) is 20.9 Å². The summed E-state index contributed by atoms with van der Waals surface area (Å²) in [4.78, 5) is 25.2. The molecule has 0 bridgehead atoms. The maximum atomic E-state index is 12.9. The van der Waals surface area contributed by atoms with Crippen molar-refractivity contribution in [3.05, 3.63) is 95.1 Å². The average Bonchev–Trinajstić information content (AvgIpc) is 2.97. The van der Waals surface area contributed by atoms with E-state index in [4.69, 9.17) is 0 Å². The number of carbonyl (C=O) groups excluding carboxylic acids is 2. The molecule has 0 saturated heterocycles. The van der Waals surface area contributed by atoms with Crippen molar-refractivity contribution in [3.63, 3.8) is 0 Å². The van der Waals surface area contributed by atoms with Crippen LogP contribution in [0, 0.1) is 11.8 Å². The molecule has 142 valence electrons. The lowest BCUT2D eigenvalue weighted by molar-refractivity contribution is 0.0693.